The molecule has 1 aliphatic carbocycles. The first-order valence-corrected chi connectivity index (χ1v) is 11.9. The second-order valence-electron chi connectivity index (χ2n) is 8.96. The van der Waals surface area contributed by atoms with Crippen molar-refractivity contribution in [1.29, 1.82) is 0 Å². The van der Waals surface area contributed by atoms with Gasteiger partial charge in [0.25, 0.3) is 0 Å². The fraction of sp³-hybridized carbons (Fsp3) is 0.538. The minimum Gasteiger partial charge on any atom is -0.508 e. The lowest BCUT2D eigenvalue weighted by atomic mass is 10.1. The summed E-state index contributed by atoms with van der Waals surface area (Å²) >= 11 is 5.88. The van der Waals surface area contributed by atoms with E-state index >= 15 is 0 Å². The van der Waals surface area contributed by atoms with E-state index in [1.165, 1.54) is 50.8 Å². The van der Waals surface area contributed by atoms with Crippen LogP contribution in [-0.2, 0) is 13.1 Å². The highest BCUT2D eigenvalue weighted by atomic mass is 35.5. The molecule has 1 saturated carbocycles. The van der Waals surface area contributed by atoms with Crippen molar-refractivity contribution in [3.63, 3.8) is 0 Å². The van der Waals surface area contributed by atoms with E-state index in [-0.39, 0.29) is 0 Å². The standard InChI is InChI=1S/C16H19ClN2O.C6H13N.C4H8/c1-12-8-14(4-7-16(12)20)10-19(11-18)9-13-2-5-15(17)6-3-13;1-7-5-3-2-4-6-7;1-4-2-3-4/h2-8,20H,9-11,18H2,1H3;2-6H2,1H3;4H,2-3H2,1H3. The Morgan fingerprint density at radius 2 is 1.55 bits per heavy atom. The molecule has 1 saturated heterocycles. The SMILES string of the molecule is CC1CC1.CN1CCCCC1.Cc1cc(CN(CN)Cc2ccc(Cl)cc2)ccc1O. The number of phenolic OH excluding ortho intramolecular Hbond substituents is 1. The summed E-state index contributed by atoms with van der Waals surface area (Å²) in [7, 11) is 2.19. The van der Waals surface area contributed by atoms with Crippen LogP contribution in [0.3, 0.4) is 0 Å². The number of nitrogens with zero attached hydrogens (tertiary/aromatic N) is 2. The molecule has 0 aromatic heterocycles. The molecule has 0 radical (unpaired) electrons. The highest BCUT2D eigenvalue weighted by Gasteiger charge is 2.12. The number of rotatable bonds is 5. The van der Waals surface area contributed by atoms with Crippen molar-refractivity contribution >= 4 is 11.6 Å². The number of hydrogen-bond acceptors (Lipinski definition) is 4. The molecule has 2 aromatic carbocycles. The summed E-state index contributed by atoms with van der Waals surface area (Å²) in [5.74, 6) is 1.41. The average molecular weight is 446 g/mol. The smallest absolute Gasteiger partial charge is 0.118 e. The van der Waals surface area contributed by atoms with Crippen LogP contribution in [0.1, 0.15) is 55.7 Å². The molecule has 4 nitrogen and oxygen atoms in total. The van der Waals surface area contributed by atoms with Crippen LogP contribution >= 0.6 is 11.6 Å². The zero-order valence-electron chi connectivity index (χ0n) is 19.5. The van der Waals surface area contributed by atoms with Gasteiger partial charge in [0.05, 0.1) is 0 Å². The Morgan fingerprint density at radius 3 is 2.00 bits per heavy atom. The predicted octanol–water partition coefficient (Wildman–Crippen LogP) is 5.79. The van der Waals surface area contributed by atoms with Gasteiger partial charge in [0.15, 0.2) is 0 Å². The number of phenols is 1. The maximum absolute atomic E-state index is 9.55. The quantitative estimate of drug-likeness (QED) is 0.572. The maximum atomic E-state index is 9.55. The third-order valence-corrected chi connectivity index (χ3v) is 5.94. The molecule has 3 N–H and O–H groups in total. The Bertz CT molecular complexity index is 756. The van der Waals surface area contributed by atoms with Crippen LogP contribution in [0.5, 0.6) is 5.75 Å². The van der Waals surface area contributed by atoms with Gasteiger partial charge < -0.3 is 15.7 Å². The van der Waals surface area contributed by atoms with Crippen LogP contribution in [0.25, 0.3) is 0 Å². The first-order chi connectivity index (χ1) is 14.9. The predicted molar refractivity (Wildman–Crippen MR) is 132 cm³/mol. The molecule has 31 heavy (non-hydrogen) atoms. The van der Waals surface area contributed by atoms with Crippen molar-refractivity contribution in [1.82, 2.24) is 9.80 Å². The van der Waals surface area contributed by atoms with Crippen LogP contribution in [0.4, 0.5) is 0 Å². The molecule has 2 fully saturated rings. The number of piperidine rings is 1. The molecule has 5 heteroatoms. The van der Waals surface area contributed by atoms with Crippen molar-refractivity contribution in [2.24, 2.45) is 11.7 Å². The molecule has 0 atom stereocenters. The molecule has 0 amide bonds. The van der Waals surface area contributed by atoms with Gasteiger partial charge >= 0.3 is 0 Å². The summed E-state index contributed by atoms with van der Waals surface area (Å²) in [6.45, 7) is 8.81. The first-order valence-electron chi connectivity index (χ1n) is 11.5. The summed E-state index contributed by atoms with van der Waals surface area (Å²) in [4.78, 5) is 4.53. The number of nitrogens with two attached hydrogens (primary N) is 1. The molecule has 1 aliphatic heterocycles. The van der Waals surface area contributed by atoms with Crippen molar-refractivity contribution in [3.8, 4) is 5.75 Å². The number of aryl methyl sites for hydroxylation is 1. The van der Waals surface area contributed by atoms with Gasteiger partial charge in [-0.25, -0.2) is 0 Å². The van der Waals surface area contributed by atoms with Crippen LogP contribution in [0.15, 0.2) is 42.5 Å². The Balaban J connectivity index is 0.000000251. The van der Waals surface area contributed by atoms with E-state index < -0.39 is 0 Å². The second-order valence-corrected chi connectivity index (χ2v) is 9.40. The van der Waals surface area contributed by atoms with Gasteiger partial charge in [-0.3, -0.25) is 4.90 Å². The highest BCUT2D eigenvalue weighted by Crippen LogP contribution is 2.26. The number of halogens is 1. The van der Waals surface area contributed by atoms with Crippen molar-refractivity contribution < 1.29 is 5.11 Å². The van der Waals surface area contributed by atoms with E-state index in [1.807, 2.05) is 43.3 Å². The third-order valence-electron chi connectivity index (χ3n) is 5.69. The molecular formula is C26H40ClN3O. The average Bonchev–Trinajstić information content (AvgIpc) is 3.55. The van der Waals surface area contributed by atoms with Gasteiger partial charge in [-0.1, -0.05) is 62.1 Å². The minimum absolute atomic E-state index is 0.325. The summed E-state index contributed by atoms with van der Waals surface area (Å²) in [5, 5.41) is 10.3. The normalized spacial score (nSPS) is 16.2. The van der Waals surface area contributed by atoms with E-state index in [1.54, 1.807) is 6.07 Å². The largest absolute Gasteiger partial charge is 0.508 e. The van der Waals surface area contributed by atoms with E-state index in [0.29, 0.717) is 12.4 Å². The Hall–Kier alpha value is -1.59. The maximum Gasteiger partial charge on any atom is 0.118 e. The molecule has 4 rings (SSSR count). The van der Waals surface area contributed by atoms with E-state index in [0.717, 1.165) is 35.2 Å². The van der Waals surface area contributed by atoms with Crippen LogP contribution < -0.4 is 5.73 Å². The summed E-state index contributed by atoms with van der Waals surface area (Å²) < 4.78 is 0. The number of benzene rings is 2. The molecule has 0 bridgehead atoms. The van der Waals surface area contributed by atoms with Gasteiger partial charge in [-0.05, 0) is 80.7 Å². The zero-order valence-corrected chi connectivity index (χ0v) is 20.2. The van der Waals surface area contributed by atoms with E-state index in [2.05, 4.69) is 23.8 Å². The van der Waals surface area contributed by atoms with Gasteiger partial charge in [-0.2, -0.15) is 0 Å². The number of hydrogen-bond donors (Lipinski definition) is 2. The monoisotopic (exact) mass is 445 g/mol. The topological polar surface area (TPSA) is 52.7 Å². The van der Waals surface area contributed by atoms with Crippen LogP contribution in [0.2, 0.25) is 5.02 Å². The first kappa shape index (κ1) is 25.7. The van der Waals surface area contributed by atoms with Gasteiger partial charge in [0, 0.05) is 24.8 Å². The van der Waals surface area contributed by atoms with Gasteiger partial charge in [-0.15, -0.1) is 0 Å². The number of likely N-dealkylation sites (tertiary alicyclic amines) is 1. The number of aromatic hydroxyl groups is 1. The summed E-state index contributed by atoms with van der Waals surface area (Å²) in [5.41, 5.74) is 9.01. The lowest BCUT2D eigenvalue weighted by molar-refractivity contribution is 0.264. The highest BCUT2D eigenvalue weighted by molar-refractivity contribution is 6.30. The summed E-state index contributed by atoms with van der Waals surface area (Å²) in [6, 6.07) is 13.4. The molecule has 2 aromatic rings. The lowest BCUT2D eigenvalue weighted by Gasteiger charge is -2.20. The van der Waals surface area contributed by atoms with Crippen molar-refractivity contribution in [2.75, 3.05) is 26.8 Å². The van der Waals surface area contributed by atoms with Crippen molar-refractivity contribution in [2.45, 2.75) is 59.0 Å². The van der Waals surface area contributed by atoms with E-state index in [9.17, 15) is 5.11 Å². The second kappa shape index (κ2) is 13.7. The Morgan fingerprint density at radius 1 is 1.00 bits per heavy atom. The summed E-state index contributed by atoms with van der Waals surface area (Å²) in [6.07, 6.45) is 7.25. The Labute approximate surface area is 194 Å². The molecular weight excluding hydrogens is 406 g/mol. The molecule has 0 unspecified atom stereocenters. The fourth-order valence-electron chi connectivity index (χ4n) is 3.33. The van der Waals surface area contributed by atoms with Crippen LogP contribution in [-0.4, -0.2) is 41.7 Å². The van der Waals surface area contributed by atoms with Gasteiger partial charge in [0.2, 0.25) is 0 Å². The van der Waals surface area contributed by atoms with Crippen LogP contribution in [0, 0.1) is 12.8 Å². The molecule has 1 heterocycles. The molecule has 0 spiro atoms. The van der Waals surface area contributed by atoms with Crippen molar-refractivity contribution in [3.05, 3.63) is 64.2 Å². The molecule has 172 valence electrons. The zero-order chi connectivity index (χ0) is 22.6. The Kier molecular flexibility index (Phi) is 11.4. The lowest BCUT2D eigenvalue weighted by Crippen LogP contribution is -2.29. The third kappa shape index (κ3) is 11.0. The van der Waals surface area contributed by atoms with Gasteiger partial charge in [0.1, 0.15) is 5.75 Å². The van der Waals surface area contributed by atoms with E-state index in [4.69, 9.17) is 17.3 Å². The minimum atomic E-state index is 0.325. The fourth-order valence-corrected chi connectivity index (χ4v) is 3.45. The molecule has 2 aliphatic rings.